The predicted octanol–water partition coefficient (Wildman–Crippen LogP) is 4.92. The molecule has 0 saturated heterocycles. The first-order valence-corrected chi connectivity index (χ1v) is 11.4. The van der Waals surface area contributed by atoms with E-state index in [4.69, 9.17) is 11.6 Å². The van der Waals surface area contributed by atoms with Gasteiger partial charge in [0.15, 0.2) is 9.84 Å². The van der Waals surface area contributed by atoms with Crippen LogP contribution in [-0.4, -0.2) is 38.9 Å². The molecule has 0 amide bonds. The molecule has 0 aromatic heterocycles. The van der Waals surface area contributed by atoms with Gasteiger partial charge in [0.05, 0.1) is 9.92 Å². The molecule has 0 spiro atoms. The first-order chi connectivity index (χ1) is 11.8. The first kappa shape index (κ1) is 20.3. The Kier molecular flexibility index (Phi) is 7.37. The fourth-order valence-electron chi connectivity index (χ4n) is 2.50. The third-order valence-corrected chi connectivity index (χ3v) is 6.93. The van der Waals surface area contributed by atoms with E-state index in [1.165, 1.54) is 6.26 Å². The van der Waals surface area contributed by atoms with Gasteiger partial charge in [0, 0.05) is 17.2 Å². The van der Waals surface area contributed by atoms with Gasteiger partial charge in [-0.3, -0.25) is 4.90 Å². The maximum absolute atomic E-state index is 11.5. The van der Waals surface area contributed by atoms with Gasteiger partial charge in [-0.1, -0.05) is 35.9 Å². The summed E-state index contributed by atoms with van der Waals surface area (Å²) in [6.45, 7) is 3.10. The molecule has 0 radical (unpaired) electrons. The fraction of sp³-hybridized carbons (Fsp3) is 0.368. The average molecular weight is 398 g/mol. The van der Waals surface area contributed by atoms with Crippen molar-refractivity contribution in [2.45, 2.75) is 29.2 Å². The largest absolute Gasteiger partial charge is 0.300 e. The lowest BCUT2D eigenvalue weighted by Crippen LogP contribution is -2.24. The van der Waals surface area contributed by atoms with Gasteiger partial charge in [0.1, 0.15) is 0 Å². The van der Waals surface area contributed by atoms with Crippen LogP contribution in [0.3, 0.4) is 0 Å². The normalized spacial score (nSPS) is 13.2. The van der Waals surface area contributed by atoms with Crippen LogP contribution in [0, 0.1) is 0 Å². The molecular formula is C19H24ClNO2S2. The van der Waals surface area contributed by atoms with Crippen LogP contribution >= 0.6 is 23.4 Å². The van der Waals surface area contributed by atoms with Gasteiger partial charge in [-0.05, 0) is 62.5 Å². The van der Waals surface area contributed by atoms with Crippen LogP contribution in [0.2, 0.25) is 5.02 Å². The number of benzene rings is 2. The minimum absolute atomic E-state index is 0.235. The quantitative estimate of drug-likeness (QED) is 0.468. The molecule has 1 unspecified atom stereocenters. The molecule has 0 N–H and O–H groups in total. The third kappa shape index (κ3) is 6.03. The van der Waals surface area contributed by atoms with Crippen molar-refractivity contribution in [1.82, 2.24) is 4.90 Å². The molecule has 2 aromatic rings. The van der Waals surface area contributed by atoms with Crippen LogP contribution in [0.25, 0.3) is 0 Å². The topological polar surface area (TPSA) is 37.4 Å². The molecule has 25 heavy (non-hydrogen) atoms. The number of hydrogen-bond acceptors (Lipinski definition) is 4. The Morgan fingerprint density at radius 2 is 1.76 bits per heavy atom. The summed E-state index contributed by atoms with van der Waals surface area (Å²) in [6.07, 6.45) is 2.28. The Morgan fingerprint density at radius 3 is 2.36 bits per heavy atom. The van der Waals surface area contributed by atoms with Crippen LogP contribution < -0.4 is 0 Å². The Hall–Kier alpha value is -1.01. The van der Waals surface area contributed by atoms with Crippen molar-refractivity contribution >= 4 is 33.2 Å². The van der Waals surface area contributed by atoms with Crippen molar-refractivity contribution in [3.8, 4) is 0 Å². The summed E-state index contributed by atoms with van der Waals surface area (Å²) >= 11 is 7.94. The van der Waals surface area contributed by atoms with Crippen molar-refractivity contribution < 1.29 is 8.42 Å². The maximum atomic E-state index is 11.5. The smallest absolute Gasteiger partial charge is 0.175 e. The summed E-state index contributed by atoms with van der Waals surface area (Å²) in [6, 6.07) is 15.3. The van der Waals surface area contributed by atoms with Gasteiger partial charge in [-0.15, -0.1) is 11.8 Å². The second-order valence-corrected chi connectivity index (χ2v) is 9.69. The van der Waals surface area contributed by atoms with Crippen molar-refractivity contribution in [2.75, 3.05) is 25.6 Å². The van der Waals surface area contributed by atoms with Crippen LogP contribution in [0.4, 0.5) is 0 Å². The molecule has 1 atom stereocenters. The molecule has 0 fully saturated rings. The van der Waals surface area contributed by atoms with E-state index >= 15 is 0 Å². The molecule has 0 aliphatic rings. The van der Waals surface area contributed by atoms with Gasteiger partial charge >= 0.3 is 0 Å². The number of halogens is 1. The minimum Gasteiger partial charge on any atom is -0.300 e. The van der Waals surface area contributed by atoms with Gasteiger partial charge in [-0.25, -0.2) is 8.42 Å². The molecule has 6 heteroatoms. The second kappa shape index (κ2) is 9.08. The zero-order valence-electron chi connectivity index (χ0n) is 14.8. The first-order valence-electron chi connectivity index (χ1n) is 8.16. The maximum Gasteiger partial charge on any atom is 0.175 e. The Bertz CT molecular complexity index is 791. The van der Waals surface area contributed by atoms with Crippen LogP contribution in [0.15, 0.2) is 58.3 Å². The Morgan fingerprint density at radius 1 is 1.12 bits per heavy atom. The second-order valence-electron chi connectivity index (χ2n) is 6.13. The molecule has 0 bridgehead atoms. The summed E-state index contributed by atoms with van der Waals surface area (Å²) in [5.74, 6) is 1.01. The molecule has 0 aliphatic carbocycles. The fourth-order valence-corrected chi connectivity index (χ4v) is 4.30. The Labute approximate surface area is 160 Å². The molecule has 0 aliphatic heterocycles. The minimum atomic E-state index is -3.14. The Balaban J connectivity index is 1.84. The molecule has 2 aromatic carbocycles. The lowest BCUT2D eigenvalue weighted by Gasteiger charge is -2.25. The highest BCUT2D eigenvalue weighted by Crippen LogP contribution is 2.27. The van der Waals surface area contributed by atoms with Gasteiger partial charge < -0.3 is 0 Å². The molecule has 0 heterocycles. The van der Waals surface area contributed by atoms with E-state index in [9.17, 15) is 8.42 Å². The molecule has 2 rings (SSSR count). The van der Waals surface area contributed by atoms with Gasteiger partial charge in [0.2, 0.25) is 0 Å². The highest BCUT2D eigenvalue weighted by molar-refractivity contribution is 7.99. The molecule has 3 nitrogen and oxygen atoms in total. The monoisotopic (exact) mass is 397 g/mol. The summed E-state index contributed by atoms with van der Waals surface area (Å²) in [7, 11) is -1.05. The highest BCUT2D eigenvalue weighted by atomic mass is 35.5. The van der Waals surface area contributed by atoms with E-state index in [1.807, 2.05) is 36.4 Å². The van der Waals surface area contributed by atoms with Crippen LogP contribution in [-0.2, 0) is 9.84 Å². The van der Waals surface area contributed by atoms with Gasteiger partial charge in [-0.2, -0.15) is 0 Å². The van der Waals surface area contributed by atoms with E-state index < -0.39 is 9.84 Å². The summed E-state index contributed by atoms with van der Waals surface area (Å²) in [4.78, 5) is 3.77. The number of sulfone groups is 1. The SMILES string of the molecule is CC(c1ccc(S(C)(=O)=O)cc1)N(C)CCCSc1ccccc1Cl. The molecular weight excluding hydrogens is 374 g/mol. The number of nitrogens with zero attached hydrogens (tertiary/aromatic N) is 1. The van der Waals surface area contributed by atoms with Crippen molar-refractivity contribution in [3.05, 3.63) is 59.1 Å². The summed E-state index contributed by atoms with van der Waals surface area (Å²) in [5.41, 5.74) is 1.12. The molecule has 136 valence electrons. The summed E-state index contributed by atoms with van der Waals surface area (Å²) < 4.78 is 23.1. The van der Waals surface area contributed by atoms with Crippen molar-refractivity contribution in [3.63, 3.8) is 0 Å². The third-order valence-electron chi connectivity index (χ3n) is 4.20. The highest BCUT2D eigenvalue weighted by Gasteiger charge is 2.13. The summed E-state index contributed by atoms with van der Waals surface area (Å²) in [5, 5.41) is 0.806. The van der Waals surface area contributed by atoms with E-state index in [0.717, 1.165) is 34.2 Å². The van der Waals surface area contributed by atoms with E-state index in [2.05, 4.69) is 18.9 Å². The zero-order chi connectivity index (χ0) is 18.4. The predicted molar refractivity (Wildman–Crippen MR) is 107 cm³/mol. The standard InChI is InChI=1S/C19H24ClNO2S2/c1-15(16-9-11-17(12-10-16)25(3,22)23)21(2)13-6-14-24-19-8-5-4-7-18(19)20/h4-5,7-12,15H,6,13-14H2,1-3H3. The van der Waals surface area contributed by atoms with Gasteiger partial charge in [0.25, 0.3) is 0 Å². The lowest BCUT2D eigenvalue weighted by molar-refractivity contribution is 0.263. The number of hydrogen-bond donors (Lipinski definition) is 0. The zero-order valence-corrected chi connectivity index (χ0v) is 17.2. The number of rotatable bonds is 8. The van der Waals surface area contributed by atoms with E-state index in [-0.39, 0.29) is 6.04 Å². The van der Waals surface area contributed by atoms with Crippen LogP contribution in [0.1, 0.15) is 24.9 Å². The lowest BCUT2D eigenvalue weighted by atomic mass is 10.1. The average Bonchev–Trinajstić information content (AvgIpc) is 2.58. The van der Waals surface area contributed by atoms with Crippen molar-refractivity contribution in [1.29, 1.82) is 0 Å². The van der Waals surface area contributed by atoms with E-state index in [0.29, 0.717) is 4.90 Å². The number of thioether (sulfide) groups is 1. The van der Waals surface area contributed by atoms with Crippen molar-refractivity contribution in [2.24, 2.45) is 0 Å². The van der Waals surface area contributed by atoms with E-state index in [1.54, 1.807) is 23.9 Å². The van der Waals surface area contributed by atoms with Crippen LogP contribution in [0.5, 0.6) is 0 Å². The molecule has 0 saturated carbocycles.